The highest BCUT2D eigenvalue weighted by Gasteiger charge is 2.34. The zero-order chi connectivity index (χ0) is 12.1. The lowest BCUT2D eigenvalue weighted by molar-refractivity contribution is 0.188. The summed E-state index contributed by atoms with van der Waals surface area (Å²) in [5.74, 6) is 1.95. The summed E-state index contributed by atoms with van der Waals surface area (Å²) in [6.45, 7) is 1.51. The zero-order valence-corrected chi connectivity index (χ0v) is 11.0. The second-order valence-electron chi connectivity index (χ2n) is 5.01. The molecule has 1 aliphatic carbocycles. The van der Waals surface area contributed by atoms with E-state index in [1.165, 1.54) is 12.8 Å². The molecule has 0 aromatic carbocycles. The first-order valence-electron chi connectivity index (χ1n) is 6.34. The number of nitrogens with zero attached hydrogens (tertiary/aromatic N) is 4. The molecular weight excluding hydrogens is 250 g/mol. The van der Waals surface area contributed by atoms with Gasteiger partial charge in [0.05, 0.1) is 19.1 Å². The molecule has 2 fully saturated rings. The van der Waals surface area contributed by atoms with Gasteiger partial charge in [-0.15, -0.1) is 10.2 Å². The van der Waals surface area contributed by atoms with E-state index in [0.29, 0.717) is 17.9 Å². The fourth-order valence-corrected chi connectivity index (χ4v) is 3.47. The van der Waals surface area contributed by atoms with Gasteiger partial charge in [-0.2, -0.15) is 9.61 Å². The standard InChI is InChI=1S/C11H15N5OS/c1-12-8-5-17-4-7(8)10-15-16-9(6-2-3-6)13-14-11(16)18-10/h6-8,12H,2-5H2,1H3. The molecule has 0 radical (unpaired) electrons. The third-order valence-corrected chi connectivity index (χ3v) is 4.77. The summed E-state index contributed by atoms with van der Waals surface area (Å²) in [7, 11) is 1.97. The number of hydrogen-bond acceptors (Lipinski definition) is 6. The topological polar surface area (TPSA) is 64.3 Å². The van der Waals surface area contributed by atoms with Crippen LogP contribution in [0.1, 0.15) is 35.5 Å². The second kappa shape index (κ2) is 3.97. The highest BCUT2D eigenvalue weighted by Crippen LogP contribution is 2.40. The van der Waals surface area contributed by atoms with Gasteiger partial charge in [0.25, 0.3) is 0 Å². The van der Waals surface area contributed by atoms with Crippen molar-refractivity contribution in [2.45, 2.75) is 30.7 Å². The van der Waals surface area contributed by atoms with E-state index in [-0.39, 0.29) is 0 Å². The average Bonchev–Trinajstić information content (AvgIpc) is 2.84. The Bertz CT molecular complexity index is 575. The number of fused-ring (bicyclic) bond motifs is 1. The molecule has 96 valence electrons. The van der Waals surface area contributed by atoms with Crippen molar-refractivity contribution < 1.29 is 4.74 Å². The van der Waals surface area contributed by atoms with Crippen LogP contribution in [0.3, 0.4) is 0 Å². The first kappa shape index (κ1) is 10.8. The van der Waals surface area contributed by atoms with Crippen molar-refractivity contribution in [1.29, 1.82) is 0 Å². The summed E-state index contributed by atoms with van der Waals surface area (Å²) in [6, 6.07) is 0.359. The molecule has 2 aromatic heterocycles. The molecule has 0 bridgehead atoms. The van der Waals surface area contributed by atoms with Crippen molar-refractivity contribution >= 4 is 16.3 Å². The number of rotatable bonds is 3. The summed E-state index contributed by atoms with van der Waals surface area (Å²) in [5.41, 5.74) is 0. The molecule has 2 aromatic rings. The largest absolute Gasteiger partial charge is 0.379 e. The van der Waals surface area contributed by atoms with Crippen LogP contribution in [-0.2, 0) is 4.74 Å². The summed E-state index contributed by atoms with van der Waals surface area (Å²) in [5, 5.41) is 17.6. The van der Waals surface area contributed by atoms with E-state index in [9.17, 15) is 0 Å². The maximum Gasteiger partial charge on any atom is 0.234 e. The molecule has 6 nitrogen and oxygen atoms in total. The Labute approximate surface area is 108 Å². The van der Waals surface area contributed by atoms with Crippen molar-refractivity contribution in [3.63, 3.8) is 0 Å². The second-order valence-corrected chi connectivity index (χ2v) is 5.99. The maximum atomic E-state index is 5.54. The van der Waals surface area contributed by atoms with Gasteiger partial charge in [-0.25, -0.2) is 0 Å². The van der Waals surface area contributed by atoms with E-state index in [0.717, 1.165) is 29.0 Å². The molecule has 7 heteroatoms. The van der Waals surface area contributed by atoms with Crippen LogP contribution < -0.4 is 5.32 Å². The van der Waals surface area contributed by atoms with Gasteiger partial charge in [-0.1, -0.05) is 11.3 Å². The molecule has 0 spiro atoms. The van der Waals surface area contributed by atoms with Gasteiger partial charge in [0, 0.05) is 12.0 Å². The van der Waals surface area contributed by atoms with Crippen LogP contribution in [-0.4, -0.2) is 46.1 Å². The highest BCUT2D eigenvalue weighted by molar-refractivity contribution is 7.16. The number of hydrogen-bond donors (Lipinski definition) is 1. The minimum atomic E-state index is 0.341. The minimum Gasteiger partial charge on any atom is -0.379 e. The molecule has 1 aliphatic heterocycles. The monoisotopic (exact) mass is 265 g/mol. The van der Waals surface area contributed by atoms with Crippen molar-refractivity contribution in [2.75, 3.05) is 20.3 Å². The normalized spacial score (nSPS) is 28.3. The molecule has 1 saturated heterocycles. The van der Waals surface area contributed by atoms with E-state index in [1.807, 2.05) is 11.6 Å². The quantitative estimate of drug-likeness (QED) is 0.888. The number of aromatic nitrogens is 4. The summed E-state index contributed by atoms with van der Waals surface area (Å²) in [4.78, 5) is 0.911. The molecule has 2 unspecified atom stereocenters. The fourth-order valence-electron chi connectivity index (χ4n) is 2.48. The smallest absolute Gasteiger partial charge is 0.234 e. The van der Waals surface area contributed by atoms with Crippen LogP contribution in [0.15, 0.2) is 0 Å². The third-order valence-electron chi connectivity index (χ3n) is 3.74. The predicted octanol–water partition coefficient (Wildman–Crippen LogP) is 0.765. The lowest BCUT2D eigenvalue weighted by Gasteiger charge is -2.12. The van der Waals surface area contributed by atoms with Gasteiger partial charge < -0.3 is 10.1 Å². The summed E-state index contributed by atoms with van der Waals surface area (Å²) in [6.07, 6.45) is 2.44. The van der Waals surface area contributed by atoms with Gasteiger partial charge in [0.1, 0.15) is 5.01 Å². The van der Waals surface area contributed by atoms with Gasteiger partial charge in [-0.05, 0) is 19.9 Å². The van der Waals surface area contributed by atoms with E-state index < -0.39 is 0 Å². The molecule has 1 saturated carbocycles. The first-order valence-corrected chi connectivity index (χ1v) is 7.15. The van der Waals surface area contributed by atoms with Crippen molar-refractivity contribution in [3.05, 3.63) is 10.8 Å². The van der Waals surface area contributed by atoms with Crippen molar-refractivity contribution in [3.8, 4) is 0 Å². The van der Waals surface area contributed by atoms with Crippen LogP contribution in [0, 0.1) is 0 Å². The van der Waals surface area contributed by atoms with E-state index in [2.05, 4.69) is 15.5 Å². The molecule has 2 atom stereocenters. The summed E-state index contributed by atoms with van der Waals surface area (Å²) < 4.78 is 7.47. The predicted molar refractivity (Wildman–Crippen MR) is 67.0 cm³/mol. The van der Waals surface area contributed by atoms with Gasteiger partial charge in [0.15, 0.2) is 5.82 Å². The highest BCUT2D eigenvalue weighted by atomic mass is 32.1. The Hall–Kier alpha value is -1.05. The van der Waals surface area contributed by atoms with E-state index >= 15 is 0 Å². The molecule has 2 aliphatic rings. The Kier molecular flexibility index (Phi) is 2.39. The third kappa shape index (κ3) is 1.58. The molecule has 1 N–H and O–H groups in total. The number of ether oxygens (including phenoxy) is 1. The van der Waals surface area contributed by atoms with Crippen LogP contribution in [0.4, 0.5) is 0 Å². The zero-order valence-electron chi connectivity index (χ0n) is 10.2. The van der Waals surface area contributed by atoms with Gasteiger partial charge in [0.2, 0.25) is 4.96 Å². The van der Waals surface area contributed by atoms with Crippen molar-refractivity contribution in [1.82, 2.24) is 25.1 Å². The van der Waals surface area contributed by atoms with Crippen LogP contribution in [0.5, 0.6) is 0 Å². The van der Waals surface area contributed by atoms with E-state index in [4.69, 9.17) is 9.84 Å². The van der Waals surface area contributed by atoms with Gasteiger partial charge in [-0.3, -0.25) is 0 Å². The van der Waals surface area contributed by atoms with Crippen molar-refractivity contribution in [2.24, 2.45) is 0 Å². The number of nitrogens with one attached hydrogen (secondary N) is 1. The van der Waals surface area contributed by atoms with E-state index in [1.54, 1.807) is 11.3 Å². The lowest BCUT2D eigenvalue weighted by atomic mass is 10.1. The maximum absolute atomic E-state index is 5.54. The first-order chi connectivity index (χ1) is 8.86. The lowest BCUT2D eigenvalue weighted by Crippen LogP contribution is -2.31. The molecule has 4 rings (SSSR count). The van der Waals surface area contributed by atoms with Crippen LogP contribution >= 0.6 is 11.3 Å². The van der Waals surface area contributed by atoms with Gasteiger partial charge >= 0.3 is 0 Å². The SMILES string of the molecule is CNC1COCC1c1nn2c(C3CC3)nnc2s1. The van der Waals surface area contributed by atoms with Crippen LogP contribution in [0.25, 0.3) is 4.96 Å². The Balaban J connectivity index is 1.72. The number of likely N-dealkylation sites (N-methyl/N-ethyl adjacent to an activating group) is 1. The Morgan fingerprint density at radius 2 is 2.22 bits per heavy atom. The Morgan fingerprint density at radius 3 is 3.00 bits per heavy atom. The fraction of sp³-hybridized carbons (Fsp3) is 0.727. The molecular formula is C11H15N5OS. The molecule has 3 heterocycles. The minimum absolute atomic E-state index is 0.341. The average molecular weight is 265 g/mol. The van der Waals surface area contributed by atoms with Crippen LogP contribution in [0.2, 0.25) is 0 Å². The Morgan fingerprint density at radius 1 is 1.33 bits per heavy atom. The molecule has 18 heavy (non-hydrogen) atoms. The molecule has 0 amide bonds. The summed E-state index contributed by atoms with van der Waals surface area (Å²) >= 11 is 1.64.